The maximum Gasteiger partial charge on any atom is 0.266 e. The van der Waals surface area contributed by atoms with Gasteiger partial charge in [0.1, 0.15) is 17.4 Å². The summed E-state index contributed by atoms with van der Waals surface area (Å²) in [6.07, 6.45) is 1.18. The maximum absolute atomic E-state index is 13.1. The van der Waals surface area contributed by atoms with Crippen molar-refractivity contribution in [1.82, 2.24) is 4.72 Å². The van der Waals surface area contributed by atoms with Gasteiger partial charge in [0.25, 0.3) is 10.0 Å². The number of halogens is 2. The summed E-state index contributed by atoms with van der Waals surface area (Å²) < 4.78 is 51.9. The molecule has 2 aliphatic rings. The second-order valence-electron chi connectivity index (χ2n) is 4.69. The smallest absolute Gasteiger partial charge is 0.266 e. The number of aliphatic imine (C=N–C) groups is 1. The van der Waals surface area contributed by atoms with Crippen molar-refractivity contribution in [1.29, 1.82) is 0 Å². The van der Waals surface area contributed by atoms with Gasteiger partial charge in [-0.1, -0.05) is 0 Å². The minimum absolute atomic E-state index is 0.0192. The van der Waals surface area contributed by atoms with Crippen molar-refractivity contribution in [2.75, 3.05) is 12.0 Å². The lowest BCUT2D eigenvalue weighted by Crippen LogP contribution is -2.42. The minimum atomic E-state index is -3.87. The molecule has 0 saturated heterocycles. The number of alkyl halides is 1. The summed E-state index contributed by atoms with van der Waals surface area (Å²) in [4.78, 5) is 3.88. The molecule has 3 rings (SSSR count). The Hall–Kier alpha value is -1.70. The second kappa shape index (κ2) is 3.89. The Labute approximate surface area is 108 Å². The molecule has 0 spiro atoms. The first-order valence-corrected chi connectivity index (χ1v) is 7.18. The van der Waals surface area contributed by atoms with E-state index in [1.54, 1.807) is 0 Å². The largest absolute Gasteiger partial charge is 0.324 e. The Kier molecular flexibility index (Phi) is 2.53. The Bertz CT molecular complexity index is 669. The van der Waals surface area contributed by atoms with Crippen LogP contribution in [0.4, 0.5) is 14.5 Å². The van der Waals surface area contributed by atoms with E-state index in [0.29, 0.717) is 12.8 Å². The average molecular weight is 287 g/mol. The van der Waals surface area contributed by atoms with Gasteiger partial charge in [0, 0.05) is 0 Å². The van der Waals surface area contributed by atoms with E-state index >= 15 is 0 Å². The number of sulfonamides is 1. The van der Waals surface area contributed by atoms with Gasteiger partial charge in [-0.15, -0.1) is 0 Å². The zero-order chi connectivity index (χ0) is 13.7. The average Bonchev–Trinajstić information content (AvgIpc) is 3.10. The first-order valence-electron chi connectivity index (χ1n) is 5.69. The third kappa shape index (κ3) is 2.16. The molecule has 0 aromatic heterocycles. The molecule has 8 heteroatoms. The van der Waals surface area contributed by atoms with Crippen molar-refractivity contribution in [3.05, 3.63) is 24.0 Å². The number of rotatable bonds is 2. The van der Waals surface area contributed by atoms with E-state index in [4.69, 9.17) is 0 Å². The molecule has 1 aromatic rings. The van der Waals surface area contributed by atoms with E-state index in [9.17, 15) is 17.2 Å². The predicted molar refractivity (Wildman–Crippen MR) is 65.7 cm³/mol. The molecule has 1 heterocycles. The van der Waals surface area contributed by atoms with Crippen LogP contribution >= 0.6 is 0 Å². The van der Waals surface area contributed by atoms with Crippen molar-refractivity contribution in [3.63, 3.8) is 0 Å². The third-order valence-corrected chi connectivity index (χ3v) is 4.52. The van der Waals surface area contributed by atoms with Gasteiger partial charge in [-0.05, 0) is 31.0 Å². The molecule has 1 aliphatic heterocycles. The molecule has 0 unspecified atom stereocenters. The van der Waals surface area contributed by atoms with Gasteiger partial charge >= 0.3 is 0 Å². The van der Waals surface area contributed by atoms with Crippen LogP contribution in [0.3, 0.4) is 0 Å². The van der Waals surface area contributed by atoms with Gasteiger partial charge in [-0.25, -0.2) is 26.9 Å². The Morgan fingerprint density at radius 2 is 2.11 bits per heavy atom. The predicted octanol–water partition coefficient (Wildman–Crippen LogP) is 1.39. The number of benzene rings is 1. The molecule has 0 radical (unpaired) electrons. The lowest BCUT2D eigenvalue weighted by Gasteiger charge is -2.22. The Morgan fingerprint density at radius 3 is 2.74 bits per heavy atom. The number of guanidine groups is 1. The normalized spacial score (nSPS) is 24.2. The van der Waals surface area contributed by atoms with E-state index < -0.39 is 28.1 Å². The van der Waals surface area contributed by atoms with Crippen molar-refractivity contribution in [3.8, 4) is 0 Å². The summed E-state index contributed by atoms with van der Waals surface area (Å²) in [5.41, 5.74) is -0.573. The van der Waals surface area contributed by atoms with Crippen LogP contribution in [0.1, 0.15) is 12.8 Å². The van der Waals surface area contributed by atoms with Gasteiger partial charge < -0.3 is 5.32 Å². The molecule has 0 atom stereocenters. The molecular formula is C11H11F2N3O2S. The number of hydrogen-bond donors (Lipinski definition) is 2. The molecule has 1 aromatic carbocycles. The van der Waals surface area contributed by atoms with Gasteiger partial charge in [-0.2, -0.15) is 0 Å². The van der Waals surface area contributed by atoms with Crippen LogP contribution in [0.5, 0.6) is 0 Å². The van der Waals surface area contributed by atoms with Crippen LogP contribution in [0.25, 0.3) is 0 Å². The van der Waals surface area contributed by atoms with Crippen molar-refractivity contribution in [2.24, 2.45) is 4.99 Å². The maximum atomic E-state index is 13.1. The molecule has 0 amide bonds. The van der Waals surface area contributed by atoms with E-state index in [1.807, 2.05) is 0 Å². The number of anilines is 1. The van der Waals surface area contributed by atoms with E-state index in [2.05, 4.69) is 15.0 Å². The van der Waals surface area contributed by atoms with Crippen LogP contribution in [-0.2, 0) is 10.0 Å². The molecule has 102 valence electrons. The van der Waals surface area contributed by atoms with Crippen LogP contribution in [-0.4, -0.2) is 26.6 Å². The standard InChI is InChI=1S/C11H11F2N3O2S/c12-6-11(3-4-11)15-10-14-8-2-1-7(13)5-9(8)19(17,18)16-10/h1-2,5H,3-4,6H2,(H2,14,15,16). The van der Waals surface area contributed by atoms with Crippen molar-refractivity contribution in [2.45, 2.75) is 23.3 Å². The summed E-state index contributed by atoms with van der Waals surface area (Å²) in [5, 5.41) is 2.74. The summed E-state index contributed by atoms with van der Waals surface area (Å²) in [7, 11) is -3.87. The molecule has 1 fully saturated rings. The minimum Gasteiger partial charge on any atom is -0.324 e. The Balaban J connectivity index is 2.02. The fourth-order valence-electron chi connectivity index (χ4n) is 1.86. The van der Waals surface area contributed by atoms with Crippen molar-refractivity contribution < 1.29 is 17.2 Å². The molecule has 1 saturated carbocycles. The SMILES string of the molecule is O=S1(=O)NC(=NC2(CF)CC2)Nc2ccc(F)cc21. The fraction of sp³-hybridized carbons (Fsp3) is 0.364. The molecular weight excluding hydrogens is 276 g/mol. The summed E-state index contributed by atoms with van der Waals surface area (Å²) in [6.45, 7) is -0.629. The number of nitrogens with zero attached hydrogens (tertiary/aromatic N) is 1. The topological polar surface area (TPSA) is 70.6 Å². The summed E-state index contributed by atoms with van der Waals surface area (Å²) in [5.74, 6) is -0.664. The summed E-state index contributed by atoms with van der Waals surface area (Å²) in [6, 6.07) is 3.38. The highest BCUT2D eigenvalue weighted by atomic mass is 32.2. The molecule has 0 bridgehead atoms. The second-order valence-corrected chi connectivity index (χ2v) is 6.34. The number of hydrogen-bond acceptors (Lipinski definition) is 3. The first kappa shape index (κ1) is 12.3. The molecule has 5 nitrogen and oxygen atoms in total. The zero-order valence-corrected chi connectivity index (χ0v) is 10.6. The highest BCUT2D eigenvalue weighted by Gasteiger charge is 2.44. The van der Waals surface area contributed by atoms with E-state index in [0.717, 1.165) is 12.1 Å². The monoisotopic (exact) mass is 287 g/mol. The van der Waals surface area contributed by atoms with Gasteiger partial charge in [0.15, 0.2) is 0 Å². The van der Waals surface area contributed by atoms with Crippen LogP contribution in [0, 0.1) is 5.82 Å². The fourth-order valence-corrected chi connectivity index (χ4v) is 3.00. The van der Waals surface area contributed by atoms with Crippen molar-refractivity contribution >= 4 is 21.7 Å². The molecule has 1 aliphatic carbocycles. The van der Waals surface area contributed by atoms with E-state index in [1.165, 1.54) is 6.07 Å². The van der Waals surface area contributed by atoms with Crippen LogP contribution in [0.15, 0.2) is 28.1 Å². The summed E-state index contributed by atoms with van der Waals surface area (Å²) >= 11 is 0. The number of fused-ring (bicyclic) bond motifs is 1. The Morgan fingerprint density at radius 1 is 1.37 bits per heavy atom. The van der Waals surface area contributed by atoms with E-state index in [-0.39, 0.29) is 16.5 Å². The van der Waals surface area contributed by atoms with Crippen LogP contribution in [0.2, 0.25) is 0 Å². The molecule has 19 heavy (non-hydrogen) atoms. The van der Waals surface area contributed by atoms with Crippen LogP contribution < -0.4 is 10.0 Å². The lowest BCUT2D eigenvalue weighted by molar-refractivity contribution is 0.418. The highest BCUT2D eigenvalue weighted by molar-refractivity contribution is 7.90. The third-order valence-electron chi connectivity index (χ3n) is 3.14. The van der Waals surface area contributed by atoms with Gasteiger partial charge in [0.2, 0.25) is 5.96 Å². The van der Waals surface area contributed by atoms with Gasteiger partial charge in [-0.3, -0.25) is 0 Å². The first-order chi connectivity index (χ1) is 8.94. The highest BCUT2D eigenvalue weighted by Crippen LogP contribution is 2.40. The van der Waals surface area contributed by atoms with Gasteiger partial charge in [0.05, 0.1) is 11.2 Å². The number of nitrogens with one attached hydrogen (secondary N) is 2. The zero-order valence-electron chi connectivity index (χ0n) is 9.78. The quantitative estimate of drug-likeness (QED) is 0.863. The molecule has 2 N–H and O–H groups in total. The lowest BCUT2D eigenvalue weighted by atomic mass is 10.3.